The standard InChI is InChI=1S/C23H32N4O4/c1-4-31-23(28)22-18(12-24-25-22)13-26-8-5-6-19(15-26)27-9-7-16-10-20(29-2)21(30-3)11-17(16)14-27/h10-12,19H,4-9,13-15H2,1-3H3,(H,24,25). The van der Waals surface area contributed by atoms with Crippen LogP contribution >= 0.6 is 0 Å². The van der Waals surface area contributed by atoms with Crippen LogP contribution in [0.25, 0.3) is 0 Å². The summed E-state index contributed by atoms with van der Waals surface area (Å²) in [6, 6.07) is 4.74. The highest BCUT2D eigenvalue weighted by Crippen LogP contribution is 2.34. The van der Waals surface area contributed by atoms with Crippen LogP contribution in [0.4, 0.5) is 0 Å². The molecule has 2 aliphatic heterocycles. The van der Waals surface area contributed by atoms with Crippen LogP contribution in [-0.2, 0) is 24.2 Å². The quantitative estimate of drug-likeness (QED) is 0.679. The lowest BCUT2D eigenvalue weighted by atomic mass is 9.95. The van der Waals surface area contributed by atoms with Gasteiger partial charge < -0.3 is 14.2 Å². The summed E-state index contributed by atoms with van der Waals surface area (Å²) in [5, 5.41) is 6.87. The monoisotopic (exact) mass is 428 g/mol. The molecule has 1 N–H and O–H groups in total. The molecule has 0 bridgehead atoms. The number of carbonyl (C=O) groups excluding carboxylic acids is 1. The molecule has 31 heavy (non-hydrogen) atoms. The first-order chi connectivity index (χ1) is 15.1. The predicted octanol–water partition coefficient (Wildman–Crippen LogP) is 2.63. The number of carbonyl (C=O) groups is 1. The van der Waals surface area contributed by atoms with Gasteiger partial charge in [-0.1, -0.05) is 0 Å². The fraction of sp³-hybridized carbons (Fsp3) is 0.565. The van der Waals surface area contributed by atoms with Crippen molar-refractivity contribution < 1.29 is 19.0 Å². The number of aromatic nitrogens is 2. The number of methoxy groups -OCH3 is 2. The number of benzene rings is 1. The molecule has 0 amide bonds. The van der Waals surface area contributed by atoms with Gasteiger partial charge in [0.05, 0.1) is 27.0 Å². The maximum Gasteiger partial charge on any atom is 0.356 e. The SMILES string of the molecule is CCOC(=O)c1[nH]ncc1CN1CCCC(N2CCc3cc(OC)c(OC)cc3C2)C1. The van der Waals surface area contributed by atoms with Crippen LogP contribution in [-0.4, -0.2) is 72.5 Å². The minimum absolute atomic E-state index is 0.333. The molecule has 1 atom stereocenters. The van der Waals surface area contributed by atoms with E-state index in [9.17, 15) is 4.79 Å². The Morgan fingerprint density at radius 1 is 1.19 bits per heavy atom. The van der Waals surface area contributed by atoms with Crippen LogP contribution in [0.3, 0.4) is 0 Å². The van der Waals surface area contributed by atoms with E-state index in [4.69, 9.17) is 14.2 Å². The molecule has 0 radical (unpaired) electrons. The van der Waals surface area contributed by atoms with Crippen molar-refractivity contribution in [3.8, 4) is 11.5 Å². The molecule has 8 nitrogen and oxygen atoms in total. The highest BCUT2D eigenvalue weighted by atomic mass is 16.5. The Morgan fingerprint density at radius 2 is 1.97 bits per heavy atom. The Balaban J connectivity index is 1.42. The topological polar surface area (TPSA) is 79.9 Å². The molecular formula is C23H32N4O4. The van der Waals surface area contributed by atoms with Crippen LogP contribution in [0.1, 0.15) is 46.9 Å². The summed E-state index contributed by atoms with van der Waals surface area (Å²) in [4.78, 5) is 17.2. The van der Waals surface area contributed by atoms with Crippen LogP contribution in [0, 0.1) is 0 Å². The van der Waals surface area contributed by atoms with Gasteiger partial charge in [0, 0.05) is 37.8 Å². The largest absolute Gasteiger partial charge is 0.493 e. The van der Waals surface area contributed by atoms with Crippen LogP contribution in [0.5, 0.6) is 11.5 Å². The second kappa shape index (κ2) is 9.70. The minimum Gasteiger partial charge on any atom is -0.493 e. The molecule has 1 aromatic heterocycles. The van der Waals surface area contributed by atoms with Gasteiger partial charge in [0.25, 0.3) is 0 Å². The number of likely N-dealkylation sites (tertiary alicyclic amines) is 1. The average Bonchev–Trinajstić information content (AvgIpc) is 3.26. The van der Waals surface area contributed by atoms with Crippen molar-refractivity contribution in [2.75, 3.05) is 40.5 Å². The van der Waals surface area contributed by atoms with Gasteiger partial charge in [0.15, 0.2) is 11.5 Å². The number of hydrogen-bond acceptors (Lipinski definition) is 7. The Hall–Kier alpha value is -2.58. The van der Waals surface area contributed by atoms with Crippen molar-refractivity contribution in [1.29, 1.82) is 0 Å². The van der Waals surface area contributed by atoms with Gasteiger partial charge in [-0.3, -0.25) is 14.9 Å². The van der Waals surface area contributed by atoms with E-state index in [-0.39, 0.29) is 5.97 Å². The molecule has 8 heteroatoms. The van der Waals surface area contributed by atoms with Gasteiger partial charge in [0.2, 0.25) is 0 Å². The number of H-pyrrole nitrogens is 1. The van der Waals surface area contributed by atoms with Gasteiger partial charge in [-0.2, -0.15) is 5.10 Å². The Kier molecular flexibility index (Phi) is 6.77. The van der Waals surface area contributed by atoms with Crippen LogP contribution in [0.2, 0.25) is 0 Å². The van der Waals surface area contributed by atoms with E-state index < -0.39 is 0 Å². The fourth-order valence-corrected chi connectivity index (χ4v) is 4.74. The zero-order valence-electron chi connectivity index (χ0n) is 18.6. The summed E-state index contributed by atoms with van der Waals surface area (Å²) in [7, 11) is 3.37. The lowest BCUT2D eigenvalue weighted by molar-refractivity contribution is 0.0514. The number of aromatic amines is 1. The van der Waals surface area contributed by atoms with Crippen molar-refractivity contribution in [1.82, 2.24) is 20.0 Å². The minimum atomic E-state index is -0.333. The molecule has 4 rings (SSSR count). The summed E-state index contributed by atoms with van der Waals surface area (Å²) < 4.78 is 16.1. The molecule has 0 saturated carbocycles. The molecular weight excluding hydrogens is 396 g/mol. The highest BCUT2D eigenvalue weighted by Gasteiger charge is 2.29. The van der Waals surface area contributed by atoms with Gasteiger partial charge >= 0.3 is 5.97 Å². The van der Waals surface area contributed by atoms with E-state index >= 15 is 0 Å². The number of nitrogens with zero attached hydrogens (tertiary/aromatic N) is 3. The van der Waals surface area contributed by atoms with E-state index in [1.54, 1.807) is 20.4 Å². The van der Waals surface area contributed by atoms with E-state index in [0.717, 1.165) is 56.1 Å². The smallest absolute Gasteiger partial charge is 0.356 e. The molecule has 2 aliphatic rings. The van der Waals surface area contributed by atoms with Crippen LogP contribution in [0.15, 0.2) is 18.3 Å². The van der Waals surface area contributed by atoms with Crippen molar-refractivity contribution in [3.05, 3.63) is 40.7 Å². The number of fused-ring (bicyclic) bond motifs is 1. The molecule has 0 aliphatic carbocycles. The zero-order valence-corrected chi connectivity index (χ0v) is 18.6. The molecule has 1 unspecified atom stereocenters. The van der Waals surface area contributed by atoms with Crippen molar-refractivity contribution >= 4 is 5.97 Å². The third-order valence-electron chi connectivity index (χ3n) is 6.34. The second-order valence-corrected chi connectivity index (χ2v) is 8.22. The van der Waals surface area contributed by atoms with E-state index in [1.165, 1.54) is 17.5 Å². The number of ether oxygens (including phenoxy) is 3. The van der Waals surface area contributed by atoms with Gasteiger partial charge in [-0.05, 0) is 56.0 Å². The third kappa shape index (κ3) is 4.70. The van der Waals surface area contributed by atoms with Crippen molar-refractivity contribution in [2.45, 2.75) is 45.3 Å². The summed E-state index contributed by atoms with van der Waals surface area (Å²) in [5.74, 6) is 1.26. The average molecular weight is 429 g/mol. The molecule has 1 saturated heterocycles. The number of hydrogen-bond donors (Lipinski definition) is 1. The van der Waals surface area contributed by atoms with Gasteiger partial charge in [-0.25, -0.2) is 4.79 Å². The maximum atomic E-state index is 12.2. The first-order valence-electron chi connectivity index (χ1n) is 11.0. The van der Waals surface area contributed by atoms with E-state index in [2.05, 4.69) is 32.1 Å². The first kappa shape index (κ1) is 21.6. The first-order valence-corrected chi connectivity index (χ1v) is 11.0. The molecule has 0 spiro atoms. The Morgan fingerprint density at radius 3 is 2.71 bits per heavy atom. The predicted molar refractivity (Wildman–Crippen MR) is 117 cm³/mol. The maximum absolute atomic E-state index is 12.2. The Labute approximate surface area is 183 Å². The summed E-state index contributed by atoms with van der Waals surface area (Å²) in [6.45, 7) is 6.85. The lowest BCUT2D eigenvalue weighted by Crippen LogP contribution is -2.49. The van der Waals surface area contributed by atoms with E-state index in [1.807, 2.05) is 6.92 Å². The number of nitrogens with one attached hydrogen (secondary N) is 1. The normalized spacial score (nSPS) is 19.6. The third-order valence-corrected chi connectivity index (χ3v) is 6.34. The lowest BCUT2D eigenvalue weighted by Gasteiger charge is -2.41. The molecule has 168 valence electrons. The number of esters is 1. The molecule has 1 fully saturated rings. The molecule has 1 aromatic carbocycles. The summed E-state index contributed by atoms with van der Waals surface area (Å²) >= 11 is 0. The molecule has 2 aromatic rings. The highest BCUT2D eigenvalue weighted by molar-refractivity contribution is 5.88. The van der Waals surface area contributed by atoms with Crippen LogP contribution < -0.4 is 9.47 Å². The zero-order chi connectivity index (χ0) is 21.8. The van der Waals surface area contributed by atoms with Crippen molar-refractivity contribution in [3.63, 3.8) is 0 Å². The fourth-order valence-electron chi connectivity index (χ4n) is 4.74. The molecule has 3 heterocycles. The Bertz CT molecular complexity index is 913. The van der Waals surface area contributed by atoms with E-state index in [0.29, 0.717) is 24.9 Å². The van der Waals surface area contributed by atoms with Crippen molar-refractivity contribution in [2.24, 2.45) is 0 Å². The number of rotatable bonds is 7. The van der Waals surface area contributed by atoms with Gasteiger partial charge in [-0.15, -0.1) is 0 Å². The summed E-state index contributed by atoms with van der Waals surface area (Å²) in [6.07, 6.45) is 5.09. The second-order valence-electron chi connectivity index (χ2n) is 8.22. The number of piperidine rings is 1. The summed E-state index contributed by atoms with van der Waals surface area (Å²) in [5.41, 5.74) is 4.04. The van der Waals surface area contributed by atoms with Gasteiger partial charge in [0.1, 0.15) is 5.69 Å².